The summed E-state index contributed by atoms with van der Waals surface area (Å²) < 4.78 is 48.8. The normalized spacial score (nSPS) is 12.1. The SMILES string of the molecule is CC(C)n1nnc2cc(-c3noc(-c4ccccc4OC(F)(F)F)n3)ccc21. The lowest BCUT2D eigenvalue weighted by molar-refractivity contribution is -0.274. The van der Waals surface area contributed by atoms with Crippen molar-refractivity contribution < 1.29 is 22.4 Å². The van der Waals surface area contributed by atoms with E-state index in [0.717, 1.165) is 5.52 Å². The molecule has 2 aromatic heterocycles. The Hall–Kier alpha value is -3.43. The van der Waals surface area contributed by atoms with Crippen molar-refractivity contribution in [2.75, 3.05) is 0 Å². The molecule has 28 heavy (non-hydrogen) atoms. The molecule has 0 unspecified atom stereocenters. The monoisotopic (exact) mass is 389 g/mol. The van der Waals surface area contributed by atoms with Gasteiger partial charge >= 0.3 is 6.36 Å². The molecule has 10 heteroatoms. The van der Waals surface area contributed by atoms with Crippen LogP contribution in [0.5, 0.6) is 5.75 Å². The number of fused-ring (bicyclic) bond motifs is 1. The Bertz CT molecular complexity index is 1130. The third-order valence-corrected chi connectivity index (χ3v) is 3.99. The summed E-state index contributed by atoms with van der Waals surface area (Å²) in [6, 6.07) is 11.1. The van der Waals surface area contributed by atoms with Crippen molar-refractivity contribution in [1.29, 1.82) is 0 Å². The van der Waals surface area contributed by atoms with Gasteiger partial charge in [0.05, 0.1) is 11.1 Å². The van der Waals surface area contributed by atoms with Crippen molar-refractivity contribution in [3.05, 3.63) is 42.5 Å². The lowest BCUT2D eigenvalue weighted by atomic mass is 10.1. The van der Waals surface area contributed by atoms with E-state index in [1.54, 1.807) is 22.9 Å². The van der Waals surface area contributed by atoms with Gasteiger partial charge in [0, 0.05) is 11.6 Å². The number of hydrogen-bond acceptors (Lipinski definition) is 6. The van der Waals surface area contributed by atoms with Gasteiger partial charge in [-0.15, -0.1) is 18.3 Å². The average Bonchev–Trinajstić information content (AvgIpc) is 3.27. The van der Waals surface area contributed by atoms with Gasteiger partial charge in [0.25, 0.3) is 5.89 Å². The van der Waals surface area contributed by atoms with Crippen molar-refractivity contribution in [2.24, 2.45) is 0 Å². The number of aromatic nitrogens is 5. The van der Waals surface area contributed by atoms with E-state index in [0.29, 0.717) is 11.1 Å². The van der Waals surface area contributed by atoms with Gasteiger partial charge in [-0.05, 0) is 44.2 Å². The zero-order valence-electron chi connectivity index (χ0n) is 14.8. The number of para-hydroxylation sites is 1. The quantitative estimate of drug-likeness (QED) is 0.506. The first kappa shape index (κ1) is 18.0. The van der Waals surface area contributed by atoms with E-state index in [1.807, 2.05) is 19.9 Å². The van der Waals surface area contributed by atoms with E-state index in [9.17, 15) is 13.2 Å². The number of halogens is 3. The summed E-state index contributed by atoms with van der Waals surface area (Å²) in [5, 5.41) is 12.1. The minimum Gasteiger partial charge on any atom is -0.405 e. The van der Waals surface area contributed by atoms with Gasteiger partial charge in [-0.25, -0.2) is 4.68 Å². The van der Waals surface area contributed by atoms with Crippen LogP contribution in [0.3, 0.4) is 0 Å². The Balaban J connectivity index is 1.70. The van der Waals surface area contributed by atoms with E-state index in [4.69, 9.17) is 4.52 Å². The smallest absolute Gasteiger partial charge is 0.405 e. The molecule has 4 rings (SSSR count). The van der Waals surface area contributed by atoms with Crippen LogP contribution in [-0.4, -0.2) is 31.5 Å². The predicted octanol–water partition coefficient (Wildman–Crippen LogP) is 4.63. The molecule has 0 bridgehead atoms. The summed E-state index contributed by atoms with van der Waals surface area (Å²) in [6.45, 7) is 3.99. The van der Waals surface area contributed by atoms with E-state index in [-0.39, 0.29) is 23.3 Å². The van der Waals surface area contributed by atoms with Crippen LogP contribution < -0.4 is 4.74 Å². The summed E-state index contributed by atoms with van der Waals surface area (Å²) >= 11 is 0. The highest BCUT2D eigenvalue weighted by atomic mass is 19.4. The molecule has 144 valence electrons. The molecule has 2 aromatic carbocycles. The van der Waals surface area contributed by atoms with E-state index >= 15 is 0 Å². The fraction of sp³-hybridized carbons (Fsp3) is 0.222. The maximum Gasteiger partial charge on any atom is 0.573 e. The summed E-state index contributed by atoms with van der Waals surface area (Å²) in [5.41, 5.74) is 2.16. The van der Waals surface area contributed by atoms with Crippen LogP contribution in [0.15, 0.2) is 47.0 Å². The third-order valence-electron chi connectivity index (χ3n) is 3.99. The second-order valence-electron chi connectivity index (χ2n) is 6.30. The number of hydrogen-bond donors (Lipinski definition) is 0. The van der Waals surface area contributed by atoms with E-state index in [2.05, 4.69) is 25.2 Å². The molecular formula is C18H14F3N5O2. The summed E-state index contributed by atoms with van der Waals surface area (Å²) in [5.74, 6) is -0.279. The van der Waals surface area contributed by atoms with Gasteiger partial charge in [-0.3, -0.25) is 0 Å². The fourth-order valence-corrected chi connectivity index (χ4v) is 2.77. The maximum atomic E-state index is 12.6. The van der Waals surface area contributed by atoms with Crippen molar-refractivity contribution in [2.45, 2.75) is 26.3 Å². The molecule has 0 aliphatic carbocycles. The zero-order chi connectivity index (χ0) is 19.9. The van der Waals surface area contributed by atoms with Crippen molar-refractivity contribution in [1.82, 2.24) is 25.1 Å². The van der Waals surface area contributed by atoms with Crippen LogP contribution in [0, 0.1) is 0 Å². The Morgan fingerprint density at radius 1 is 1.11 bits per heavy atom. The van der Waals surface area contributed by atoms with Gasteiger partial charge in [-0.1, -0.05) is 22.5 Å². The highest BCUT2D eigenvalue weighted by molar-refractivity contribution is 5.80. The van der Waals surface area contributed by atoms with Crippen LogP contribution >= 0.6 is 0 Å². The summed E-state index contributed by atoms with van der Waals surface area (Å²) in [6.07, 6.45) is -4.83. The number of rotatable bonds is 4. The van der Waals surface area contributed by atoms with Crippen LogP contribution in [0.1, 0.15) is 19.9 Å². The third kappa shape index (κ3) is 3.40. The highest BCUT2D eigenvalue weighted by Crippen LogP contribution is 2.34. The van der Waals surface area contributed by atoms with Crippen LogP contribution in [-0.2, 0) is 0 Å². The molecule has 0 fully saturated rings. The summed E-state index contributed by atoms with van der Waals surface area (Å²) in [7, 11) is 0. The van der Waals surface area contributed by atoms with Crippen LogP contribution in [0.2, 0.25) is 0 Å². The number of nitrogens with zero attached hydrogens (tertiary/aromatic N) is 5. The minimum atomic E-state index is -4.83. The van der Waals surface area contributed by atoms with Gasteiger partial charge in [0.2, 0.25) is 5.82 Å². The lowest BCUT2D eigenvalue weighted by Gasteiger charge is -2.10. The molecule has 0 aliphatic rings. The standard InChI is InChI=1S/C18H14F3N5O2/c1-10(2)26-14-8-7-11(9-13(14)23-25-26)16-22-17(28-24-16)12-5-3-4-6-15(12)27-18(19,20)21/h3-10H,1-2H3. The maximum absolute atomic E-state index is 12.6. The Labute approximate surface area is 156 Å². The Kier molecular flexibility index (Phi) is 4.25. The van der Waals surface area contributed by atoms with E-state index < -0.39 is 12.1 Å². The molecular weight excluding hydrogens is 375 g/mol. The van der Waals surface area contributed by atoms with Crippen molar-refractivity contribution >= 4 is 11.0 Å². The van der Waals surface area contributed by atoms with Gasteiger partial charge < -0.3 is 9.26 Å². The summed E-state index contributed by atoms with van der Waals surface area (Å²) in [4.78, 5) is 4.21. The van der Waals surface area contributed by atoms with Crippen LogP contribution in [0.25, 0.3) is 33.9 Å². The molecule has 0 saturated heterocycles. The largest absolute Gasteiger partial charge is 0.573 e. The highest BCUT2D eigenvalue weighted by Gasteiger charge is 2.32. The number of alkyl halides is 3. The predicted molar refractivity (Wildman–Crippen MR) is 93.3 cm³/mol. The molecule has 0 aliphatic heterocycles. The molecule has 0 N–H and O–H groups in total. The van der Waals surface area contributed by atoms with Crippen LogP contribution in [0.4, 0.5) is 13.2 Å². The molecule has 0 atom stereocenters. The van der Waals surface area contributed by atoms with Gasteiger partial charge in [0.15, 0.2) is 0 Å². The minimum absolute atomic E-state index is 0.0467. The molecule has 0 radical (unpaired) electrons. The van der Waals surface area contributed by atoms with Gasteiger partial charge in [-0.2, -0.15) is 4.98 Å². The first-order valence-electron chi connectivity index (χ1n) is 8.36. The number of benzene rings is 2. The number of ether oxygens (including phenoxy) is 1. The topological polar surface area (TPSA) is 78.9 Å². The average molecular weight is 389 g/mol. The molecule has 4 aromatic rings. The lowest BCUT2D eigenvalue weighted by Crippen LogP contribution is -2.17. The Morgan fingerprint density at radius 3 is 2.64 bits per heavy atom. The van der Waals surface area contributed by atoms with Crippen molar-refractivity contribution in [3.8, 4) is 28.6 Å². The van der Waals surface area contributed by atoms with E-state index in [1.165, 1.54) is 18.2 Å². The first-order valence-corrected chi connectivity index (χ1v) is 8.36. The first-order chi connectivity index (χ1) is 13.3. The molecule has 0 saturated carbocycles. The Morgan fingerprint density at radius 2 is 1.89 bits per heavy atom. The molecule has 7 nitrogen and oxygen atoms in total. The molecule has 0 amide bonds. The molecule has 0 spiro atoms. The molecule has 2 heterocycles. The fourth-order valence-electron chi connectivity index (χ4n) is 2.77. The van der Waals surface area contributed by atoms with Crippen molar-refractivity contribution in [3.63, 3.8) is 0 Å². The second-order valence-corrected chi connectivity index (χ2v) is 6.30. The second kappa shape index (κ2) is 6.63. The van der Waals surface area contributed by atoms with Gasteiger partial charge in [0.1, 0.15) is 11.3 Å². The zero-order valence-corrected chi connectivity index (χ0v) is 14.8.